The average Bonchev–Trinajstić information content (AvgIpc) is 2.72. The molecule has 1 fully saturated rings. The van der Waals surface area contributed by atoms with Gasteiger partial charge in [0.1, 0.15) is 11.6 Å². The Kier molecular flexibility index (Phi) is 4.17. The third kappa shape index (κ3) is 2.80. The van der Waals surface area contributed by atoms with E-state index >= 15 is 0 Å². The lowest BCUT2D eigenvalue weighted by molar-refractivity contribution is -0.122. The molecule has 1 aromatic heterocycles. The average molecular weight is 249 g/mol. The number of carbonyl (C=O) groups is 1. The van der Waals surface area contributed by atoms with E-state index in [1.54, 1.807) is 6.20 Å². The van der Waals surface area contributed by atoms with Crippen LogP contribution in [0.5, 0.6) is 0 Å². The van der Waals surface area contributed by atoms with Crippen molar-refractivity contribution in [2.75, 3.05) is 6.54 Å². The van der Waals surface area contributed by atoms with E-state index in [1.807, 2.05) is 6.20 Å². The topological polar surface area (TPSA) is 60.9 Å². The van der Waals surface area contributed by atoms with Crippen LogP contribution in [0.1, 0.15) is 44.9 Å². The molecule has 0 atom stereocenters. The van der Waals surface area contributed by atoms with E-state index in [1.165, 1.54) is 6.42 Å². The van der Waals surface area contributed by atoms with Crippen molar-refractivity contribution >= 4 is 5.78 Å². The molecule has 0 unspecified atom stereocenters. The van der Waals surface area contributed by atoms with Crippen molar-refractivity contribution in [1.82, 2.24) is 9.55 Å². The Hall–Kier alpha value is -1.16. The Balaban J connectivity index is 1.92. The largest absolute Gasteiger partial charge is 0.335 e. The Bertz CT molecular complexity index is 401. The number of hydrogen-bond acceptors (Lipinski definition) is 3. The molecule has 0 amide bonds. The molecule has 4 heteroatoms. The number of nitrogens with zero attached hydrogens (tertiary/aromatic N) is 2. The standard InChI is InChI=1S/C14H23N3O/c1-2-7-17-8-6-16-13(17)9-12(18)10-14(11-15)4-3-5-14/h6,8H,2-5,7,9-11,15H2,1H3. The second-order valence-electron chi connectivity index (χ2n) is 5.49. The number of aromatic nitrogens is 2. The number of Topliss-reactive ketones (excluding diaryl/α,β-unsaturated/α-hetero) is 1. The molecule has 0 bridgehead atoms. The van der Waals surface area contributed by atoms with Crippen LogP contribution in [-0.4, -0.2) is 21.9 Å². The van der Waals surface area contributed by atoms with Gasteiger partial charge in [-0.15, -0.1) is 0 Å². The van der Waals surface area contributed by atoms with Crippen molar-refractivity contribution in [2.45, 2.75) is 52.0 Å². The van der Waals surface area contributed by atoms with Crippen molar-refractivity contribution in [3.63, 3.8) is 0 Å². The highest BCUT2D eigenvalue weighted by Crippen LogP contribution is 2.43. The highest BCUT2D eigenvalue weighted by atomic mass is 16.1. The highest BCUT2D eigenvalue weighted by molar-refractivity contribution is 5.81. The van der Waals surface area contributed by atoms with Gasteiger partial charge in [0.15, 0.2) is 0 Å². The molecule has 1 heterocycles. The van der Waals surface area contributed by atoms with E-state index in [4.69, 9.17) is 5.73 Å². The number of ketones is 1. The third-order valence-corrected chi connectivity index (χ3v) is 4.04. The Morgan fingerprint density at radius 1 is 1.56 bits per heavy atom. The number of imidazole rings is 1. The fraction of sp³-hybridized carbons (Fsp3) is 0.714. The summed E-state index contributed by atoms with van der Waals surface area (Å²) < 4.78 is 2.08. The molecule has 2 rings (SSSR count). The van der Waals surface area contributed by atoms with Crippen molar-refractivity contribution in [3.8, 4) is 0 Å². The molecule has 2 N–H and O–H groups in total. The molecule has 0 spiro atoms. The van der Waals surface area contributed by atoms with Gasteiger partial charge in [-0.3, -0.25) is 4.79 Å². The molecule has 1 saturated carbocycles. The maximum Gasteiger partial charge on any atom is 0.141 e. The molecular weight excluding hydrogens is 226 g/mol. The SMILES string of the molecule is CCCn1ccnc1CC(=O)CC1(CN)CCC1. The molecule has 0 aliphatic heterocycles. The number of hydrogen-bond donors (Lipinski definition) is 1. The first-order valence-corrected chi connectivity index (χ1v) is 6.91. The molecule has 4 nitrogen and oxygen atoms in total. The molecule has 18 heavy (non-hydrogen) atoms. The van der Waals surface area contributed by atoms with Gasteiger partial charge >= 0.3 is 0 Å². The minimum absolute atomic E-state index is 0.110. The van der Waals surface area contributed by atoms with Crippen molar-refractivity contribution in [1.29, 1.82) is 0 Å². The van der Waals surface area contributed by atoms with Gasteiger partial charge in [0.25, 0.3) is 0 Å². The molecule has 0 aromatic carbocycles. The van der Waals surface area contributed by atoms with Gasteiger partial charge in [-0.2, -0.15) is 0 Å². The number of rotatable bonds is 7. The fourth-order valence-corrected chi connectivity index (χ4v) is 2.74. The van der Waals surface area contributed by atoms with Crippen molar-refractivity contribution < 1.29 is 4.79 Å². The zero-order chi connectivity index (χ0) is 13.0. The Morgan fingerprint density at radius 3 is 2.89 bits per heavy atom. The molecule has 0 saturated heterocycles. The van der Waals surface area contributed by atoms with Gasteiger partial charge in [-0.25, -0.2) is 4.98 Å². The van der Waals surface area contributed by atoms with Crippen LogP contribution >= 0.6 is 0 Å². The van der Waals surface area contributed by atoms with Crippen LogP contribution in [0.15, 0.2) is 12.4 Å². The lowest BCUT2D eigenvalue weighted by Crippen LogP contribution is -2.39. The monoisotopic (exact) mass is 249 g/mol. The summed E-state index contributed by atoms with van der Waals surface area (Å²) >= 11 is 0. The summed E-state index contributed by atoms with van der Waals surface area (Å²) in [7, 11) is 0. The van der Waals surface area contributed by atoms with E-state index in [2.05, 4.69) is 16.5 Å². The lowest BCUT2D eigenvalue weighted by Gasteiger charge is -2.40. The first-order chi connectivity index (χ1) is 8.69. The van der Waals surface area contributed by atoms with Gasteiger partial charge < -0.3 is 10.3 Å². The summed E-state index contributed by atoms with van der Waals surface area (Å²) in [5.74, 6) is 1.18. The quantitative estimate of drug-likeness (QED) is 0.803. The van der Waals surface area contributed by atoms with Crippen LogP contribution < -0.4 is 5.73 Å². The minimum atomic E-state index is 0.110. The number of carbonyl (C=O) groups excluding carboxylic acids is 1. The van der Waals surface area contributed by atoms with E-state index in [0.29, 0.717) is 19.4 Å². The summed E-state index contributed by atoms with van der Waals surface area (Å²) in [6.07, 6.45) is 9.31. The summed E-state index contributed by atoms with van der Waals surface area (Å²) in [5.41, 5.74) is 5.91. The van der Waals surface area contributed by atoms with Crippen molar-refractivity contribution in [2.24, 2.45) is 11.1 Å². The van der Waals surface area contributed by atoms with Crippen LogP contribution in [0.4, 0.5) is 0 Å². The molecule has 100 valence electrons. The third-order valence-electron chi connectivity index (χ3n) is 4.04. The maximum absolute atomic E-state index is 12.1. The lowest BCUT2D eigenvalue weighted by atomic mass is 9.66. The van der Waals surface area contributed by atoms with Crippen LogP contribution in [0.25, 0.3) is 0 Å². The summed E-state index contributed by atoms with van der Waals surface area (Å²) in [6.45, 7) is 3.70. The molecular formula is C14H23N3O. The van der Waals surface area contributed by atoms with Gasteiger partial charge in [0, 0.05) is 25.4 Å². The van der Waals surface area contributed by atoms with Gasteiger partial charge in [-0.1, -0.05) is 13.3 Å². The summed E-state index contributed by atoms with van der Waals surface area (Å²) in [4.78, 5) is 16.4. The van der Waals surface area contributed by atoms with E-state index in [9.17, 15) is 4.79 Å². The van der Waals surface area contributed by atoms with E-state index in [-0.39, 0.29) is 11.2 Å². The minimum Gasteiger partial charge on any atom is -0.335 e. The normalized spacial score (nSPS) is 17.4. The molecule has 1 aromatic rings. The molecule has 1 aliphatic rings. The van der Waals surface area contributed by atoms with E-state index in [0.717, 1.165) is 31.6 Å². The number of nitrogens with two attached hydrogens (primary N) is 1. The zero-order valence-corrected chi connectivity index (χ0v) is 11.2. The Morgan fingerprint density at radius 2 is 2.33 bits per heavy atom. The maximum atomic E-state index is 12.1. The van der Waals surface area contributed by atoms with Gasteiger partial charge in [0.2, 0.25) is 0 Å². The second-order valence-corrected chi connectivity index (χ2v) is 5.49. The van der Waals surface area contributed by atoms with Crippen LogP contribution in [0.3, 0.4) is 0 Å². The predicted molar refractivity (Wildman–Crippen MR) is 71.2 cm³/mol. The summed E-state index contributed by atoms with van der Waals surface area (Å²) in [5, 5.41) is 0. The first-order valence-electron chi connectivity index (χ1n) is 6.91. The smallest absolute Gasteiger partial charge is 0.141 e. The van der Waals surface area contributed by atoms with Gasteiger partial charge in [0.05, 0.1) is 6.42 Å². The number of aryl methyl sites for hydroxylation is 1. The molecule has 1 aliphatic carbocycles. The van der Waals surface area contributed by atoms with E-state index < -0.39 is 0 Å². The van der Waals surface area contributed by atoms with Gasteiger partial charge in [-0.05, 0) is 31.2 Å². The first kappa shape index (κ1) is 13.3. The fourth-order valence-electron chi connectivity index (χ4n) is 2.74. The predicted octanol–water partition coefficient (Wildman–Crippen LogP) is 1.92. The van der Waals surface area contributed by atoms with Crippen LogP contribution in [0.2, 0.25) is 0 Å². The second kappa shape index (κ2) is 5.65. The Labute approximate surface area is 109 Å². The zero-order valence-electron chi connectivity index (χ0n) is 11.2. The highest BCUT2D eigenvalue weighted by Gasteiger charge is 2.37. The van der Waals surface area contributed by atoms with Crippen molar-refractivity contribution in [3.05, 3.63) is 18.2 Å². The molecule has 0 radical (unpaired) electrons. The van der Waals surface area contributed by atoms with Crippen LogP contribution in [0, 0.1) is 5.41 Å². The van der Waals surface area contributed by atoms with Crippen LogP contribution in [-0.2, 0) is 17.8 Å². The summed E-state index contributed by atoms with van der Waals surface area (Å²) in [6, 6.07) is 0.